The van der Waals surface area contributed by atoms with Gasteiger partial charge in [0.2, 0.25) is 10.0 Å². The maximum Gasteiger partial charge on any atom is 0.414 e. The van der Waals surface area contributed by atoms with Gasteiger partial charge in [0.15, 0.2) is 0 Å². The lowest BCUT2D eigenvalue weighted by atomic mass is 10.2. The highest BCUT2D eigenvalue weighted by Crippen LogP contribution is 2.23. The predicted octanol–water partition coefficient (Wildman–Crippen LogP) is 3.26. The van der Waals surface area contributed by atoms with Crippen molar-refractivity contribution in [2.24, 2.45) is 0 Å². The molecule has 0 spiro atoms. The first-order valence-electron chi connectivity index (χ1n) is 8.07. The van der Waals surface area contributed by atoms with Gasteiger partial charge in [-0.05, 0) is 49.7 Å². The molecule has 138 valence electrons. The van der Waals surface area contributed by atoms with Crippen LogP contribution in [0.5, 0.6) is 0 Å². The second kappa shape index (κ2) is 7.26. The van der Waals surface area contributed by atoms with Crippen LogP contribution in [0.25, 0.3) is 0 Å². The van der Waals surface area contributed by atoms with E-state index < -0.39 is 22.2 Å². The Hall–Kier alpha value is -2.09. The summed E-state index contributed by atoms with van der Waals surface area (Å²) in [6.07, 6.45) is -1.08. The van der Waals surface area contributed by atoms with Crippen molar-refractivity contribution in [3.05, 3.63) is 58.6 Å². The normalized spacial score (nSPS) is 17.4. The van der Waals surface area contributed by atoms with Crippen LogP contribution in [0.2, 0.25) is 5.02 Å². The van der Waals surface area contributed by atoms with Crippen LogP contribution in [0.1, 0.15) is 11.1 Å². The number of nitrogens with one attached hydrogen (secondary N) is 1. The van der Waals surface area contributed by atoms with Crippen molar-refractivity contribution in [2.45, 2.75) is 24.8 Å². The quantitative estimate of drug-likeness (QED) is 0.844. The van der Waals surface area contributed by atoms with E-state index in [1.807, 2.05) is 13.0 Å². The smallest absolute Gasteiger partial charge is 0.414 e. The molecule has 1 heterocycles. The SMILES string of the molecule is Cc1ccc(S(=O)(=O)NCC2CN(c3ccc(Cl)cc3)C(=O)O2)c(C)c1. The van der Waals surface area contributed by atoms with Gasteiger partial charge in [-0.15, -0.1) is 0 Å². The Morgan fingerprint density at radius 1 is 1.19 bits per heavy atom. The zero-order valence-electron chi connectivity index (χ0n) is 14.4. The molecule has 1 aliphatic heterocycles. The summed E-state index contributed by atoms with van der Waals surface area (Å²) >= 11 is 5.85. The van der Waals surface area contributed by atoms with Crippen LogP contribution in [-0.2, 0) is 14.8 Å². The number of aryl methyl sites for hydroxylation is 2. The zero-order valence-corrected chi connectivity index (χ0v) is 16.0. The van der Waals surface area contributed by atoms with Crippen molar-refractivity contribution >= 4 is 33.4 Å². The highest BCUT2D eigenvalue weighted by Gasteiger charge is 2.33. The fourth-order valence-electron chi connectivity index (χ4n) is 2.84. The Bertz CT molecular complexity index is 929. The number of amides is 1. The summed E-state index contributed by atoms with van der Waals surface area (Å²) < 4.78 is 32.8. The minimum Gasteiger partial charge on any atom is -0.443 e. The predicted molar refractivity (Wildman–Crippen MR) is 100 cm³/mol. The van der Waals surface area contributed by atoms with Crippen LogP contribution < -0.4 is 9.62 Å². The summed E-state index contributed by atoms with van der Waals surface area (Å²) in [5, 5.41) is 0.569. The number of hydrogen-bond donors (Lipinski definition) is 1. The fraction of sp³-hybridized carbons (Fsp3) is 0.278. The van der Waals surface area contributed by atoms with Crippen molar-refractivity contribution in [2.75, 3.05) is 18.0 Å². The lowest BCUT2D eigenvalue weighted by molar-refractivity contribution is 0.143. The first-order chi connectivity index (χ1) is 12.3. The number of cyclic esters (lactones) is 1. The van der Waals surface area contributed by atoms with E-state index >= 15 is 0 Å². The third-order valence-electron chi connectivity index (χ3n) is 4.13. The van der Waals surface area contributed by atoms with Crippen LogP contribution in [0, 0.1) is 13.8 Å². The monoisotopic (exact) mass is 394 g/mol. The lowest BCUT2D eigenvalue weighted by Gasteiger charge is -2.14. The number of sulfonamides is 1. The Balaban J connectivity index is 1.66. The number of carbonyl (C=O) groups excluding carboxylic acids is 1. The van der Waals surface area contributed by atoms with Crippen molar-refractivity contribution in [1.29, 1.82) is 0 Å². The molecule has 1 amide bonds. The van der Waals surface area contributed by atoms with Gasteiger partial charge in [0.05, 0.1) is 11.4 Å². The minimum absolute atomic E-state index is 0.00544. The Morgan fingerprint density at radius 3 is 2.54 bits per heavy atom. The van der Waals surface area contributed by atoms with Gasteiger partial charge in [-0.25, -0.2) is 17.9 Å². The van der Waals surface area contributed by atoms with E-state index in [1.165, 1.54) is 4.90 Å². The summed E-state index contributed by atoms with van der Waals surface area (Å²) in [6.45, 7) is 3.92. The summed E-state index contributed by atoms with van der Waals surface area (Å²) in [5.74, 6) is 0. The highest BCUT2D eigenvalue weighted by molar-refractivity contribution is 7.89. The summed E-state index contributed by atoms with van der Waals surface area (Å²) in [5.41, 5.74) is 2.31. The molecule has 0 radical (unpaired) electrons. The highest BCUT2D eigenvalue weighted by atomic mass is 35.5. The number of halogens is 1. The van der Waals surface area contributed by atoms with E-state index in [1.54, 1.807) is 43.3 Å². The van der Waals surface area contributed by atoms with E-state index in [2.05, 4.69) is 4.72 Å². The van der Waals surface area contributed by atoms with Crippen LogP contribution in [-0.4, -0.2) is 33.7 Å². The van der Waals surface area contributed by atoms with E-state index in [9.17, 15) is 13.2 Å². The average Bonchev–Trinajstić information content (AvgIpc) is 2.94. The molecule has 1 saturated heterocycles. The Kier molecular flexibility index (Phi) is 5.22. The molecule has 0 aromatic heterocycles. The molecule has 0 aliphatic carbocycles. The van der Waals surface area contributed by atoms with Gasteiger partial charge in [-0.2, -0.15) is 0 Å². The Morgan fingerprint density at radius 2 is 1.88 bits per heavy atom. The van der Waals surface area contributed by atoms with E-state index in [0.717, 1.165) is 5.56 Å². The molecule has 0 saturated carbocycles. The van der Waals surface area contributed by atoms with Gasteiger partial charge in [0, 0.05) is 17.3 Å². The molecule has 2 aromatic rings. The van der Waals surface area contributed by atoms with Gasteiger partial charge >= 0.3 is 6.09 Å². The maximum atomic E-state index is 12.5. The maximum absolute atomic E-state index is 12.5. The van der Waals surface area contributed by atoms with Crippen molar-refractivity contribution in [1.82, 2.24) is 4.72 Å². The van der Waals surface area contributed by atoms with Gasteiger partial charge in [0.1, 0.15) is 6.10 Å². The van der Waals surface area contributed by atoms with Gasteiger partial charge in [-0.3, -0.25) is 4.90 Å². The minimum atomic E-state index is -3.68. The molecule has 2 aromatic carbocycles. The number of carbonyl (C=O) groups is 1. The van der Waals surface area contributed by atoms with Crippen LogP contribution >= 0.6 is 11.6 Å². The van der Waals surface area contributed by atoms with E-state index in [0.29, 0.717) is 16.3 Å². The summed E-state index contributed by atoms with van der Waals surface area (Å²) in [7, 11) is -3.68. The Labute approximate surface area is 157 Å². The number of anilines is 1. The summed E-state index contributed by atoms with van der Waals surface area (Å²) in [6, 6.07) is 11.9. The van der Waals surface area contributed by atoms with Gasteiger partial charge < -0.3 is 4.74 Å². The molecule has 1 atom stereocenters. The standard InChI is InChI=1S/C18H19ClN2O4S/c1-12-3-8-17(13(2)9-12)26(23,24)20-10-16-11-21(18(22)25-16)15-6-4-14(19)5-7-15/h3-9,16,20H,10-11H2,1-2H3. The average molecular weight is 395 g/mol. The molecule has 1 fully saturated rings. The molecular weight excluding hydrogens is 376 g/mol. The number of rotatable bonds is 5. The van der Waals surface area contributed by atoms with Crippen LogP contribution in [0.3, 0.4) is 0 Å². The van der Waals surface area contributed by atoms with Crippen molar-refractivity contribution in [3.63, 3.8) is 0 Å². The van der Waals surface area contributed by atoms with Gasteiger partial charge in [-0.1, -0.05) is 29.3 Å². The molecule has 26 heavy (non-hydrogen) atoms. The second-order valence-corrected chi connectivity index (χ2v) is 8.39. The van der Waals surface area contributed by atoms with Gasteiger partial charge in [0.25, 0.3) is 0 Å². The molecule has 1 N–H and O–H groups in total. The van der Waals surface area contributed by atoms with E-state index in [-0.39, 0.29) is 18.0 Å². The number of benzene rings is 2. The third kappa shape index (κ3) is 4.00. The molecule has 0 bridgehead atoms. The van der Waals surface area contributed by atoms with Crippen LogP contribution in [0.4, 0.5) is 10.5 Å². The first-order valence-corrected chi connectivity index (χ1v) is 9.93. The molecule has 3 rings (SSSR count). The molecular formula is C18H19ClN2O4S. The second-order valence-electron chi connectivity index (χ2n) is 6.21. The fourth-order valence-corrected chi connectivity index (χ4v) is 4.26. The molecule has 8 heteroatoms. The topological polar surface area (TPSA) is 75.7 Å². The summed E-state index contributed by atoms with van der Waals surface area (Å²) in [4.78, 5) is 13.7. The molecule has 1 unspecified atom stereocenters. The van der Waals surface area contributed by atoms with E-state index in [4.69, 9.17) is 16.3 Å². The van der Waals surface area contributed by atoms with Crippen molar-refractivity contribution in [3.8, 4) is 0 Å². The number of nitrogens with zero attached hydrogens (tertiary/aromatic N) is 1. The van der Waals surface area contributed by atoms with Crippen LogP contribution in [0.15, 0.2) is 47.4 Å². The number of hydrogen-bond acceptors (Lipinski definition) is 4. The lowest BCUT2D eigenvalue weighted by Crippen LogP contribution is -2.34. The zero-order chi connectivity index (χ0) is 18.9. The largest absolute Gasteiger partial charge is 0.443 e. The third-order valence-corrected chi connectivity index (χ3v) is 5.97. The number of ether oxygens (including phenoxy) is 1. The molecule has 6 nitrogen and oxygen atoms in total. The molecule has 1 aliphatic rings. The first kappa shape index (κ1) is 18.7. The van der Waals surface area contributed by atoms with Crippen molar-refractivity contribution < 1.29 is 17.9 Å².